The Hall–Kier alpha value is -3.48. The van der Waals surface area contributed by atoms with Gasteiger partial charge in [-0.3, -0.25) is 19.2 Å². The third kappa shape index (κ3) is 6.51. The van der Waals surface area contributed by atoms with Crippen molar-refractivity contribution >= 4 is 23.8 Å². The van der Waals surface area contributed by atoms with Crippen molar-refractivity contribution in [2.45, 2.75) is 58.3 Å². The van der Waals surface area contributed by atoms with Crippen LogP contribution in [0, 0.1) is 5.92 Å². The van der Waals surface area contributed by atoms with Crippen LogP contribution in [-0.2, 0) is 41.5 Å². The molecule has 1 aliphatic heterocycles. The van der Waals surface area contributed by atoms with Crippen molar-refractivity contribution < 1.29 is 28.7 Å². The standard InChI is InChI=1S/C26H29NO6/c1-18(32-23(30)15-9-14-20-10-5-3-6-11-20)24-25(31)27(26(24)33-19(2)28)22(29)17-16-21-12-7-4-8-13-21/h3-8,10-13,18,24,26H,9,14-17H2,1-2H3/t18-,24+,26-/m1/s1. The van der Waals surface area contributed by atoms with Gasteiger partial charge in [0.15, 0.2) is 6.23 Å². The number of likely N-dealkylation sites (tertiary alicyclic amines) is 1. The highest BCUT2D eigenvalue weighted by molar-refractivity contribution is 6.02. The second-order valence-corrected chi connectivity index (χ2v) is 8.15. The lowest BCUT2D eigenvalue weighted by Crippen LogP contribution is -2.67. The molecular weight excluding hydrogens is 422 g/mol. The highest BCUT2D eigenvalue weighted by atomic mass is 16.6. The van der Waals surface area contributed by atoms with Crippen molar-refractivity contribution in [1.29, 1.82) is 0 Å². The summed E-state index contributed by atoms with van der Waals surface area (Å²) < 4.78 is 10.7. The van der Waals surface area contributed by atoms with Crippen LogP contribution in [0.15, 0.2) is 60.7 Å². The van der Waals surface area contributed by atoms with E-state index in [-0.39, 0.29) is 12.8 Å². The minimum atomic E-state index is -1.06. The summed E-state index contributed by atoms with van der Waals surface area (Å²) in [6.45, 7) is 2.80. The van der Waals surface area contributed by atoms with Gasteiger partial charge >= 0.3 is 11.9 Å². The van der Waals surface area contributed by atoms with Gasteiger partial charge in [-0.05, 0) is 37.3 Å². The molecule has 1 fully saturated rings. The summed E-state index contributed by atoms with van der Waals surface area (Å²) in [4.78, 5) is 50.3. The molecule has 1 heterocycles. The molecule has 0 unspecified atom stereocenters. The molecule has 0 saturated carbocycles. The quantitative estimate of drug-likeness (QED) is 0.406. The fraction of sp³-hybridized carbons (Fsp3) is 0.385. The minimum Gasteiger partial charge on any atom is -0.462 e. The van der Waals surface area contributed by atoms with E-state index in [1.807, 2.05) is 60.7 Å². The highest BCUT2D eigenvalue weighted by Gasteiger charge is 2.56. The molecule has 174 valence electrons. The maximum absolute atomic E-state index is 12.8. The van der Waals surface area contributed by atoms with E-state index in [0.29, 0.717) is 12.8 Å². The van der Waals surface area contributed by atoms with E-state index in [1.165, 1.54) is 6.92 Å². The third-order valence-electron chi connectivity index (χ3n) is 5.62. The number of aryl methyl sites for hydroxylation is 2. The molecule has 0 aromatic heterocycles. The lowest BCUT2D eigenvalue weighted by Gasteiger charge is -2.46. The molecule has 3 rings (SSSR count). The zero-order chi connectivity index (χ0) is 23.8. The Balaban J connectivity index is 1.53. The number of hydrogen-bond acceptors (Lipinski definition) is 6. The summed E-state index contributed by atoms with van der Waals surface area (Å²) in [6.07, 6.45) is 0.256. The number of rotatable bonds is 10. The summed E-state index contributed by atoms with van der Waals surface area (Å²) >= 11 is 0. The van der Waals surface area contributed by atoms with E-state index in [9.17, 15) is 19.2 Å². The maximum atomic E-state index is 12.8. The largest absolute Gasteiger partial charge is 0.462 e. The first-order chi connectivity index (χ1) is 15.9. The summed E-state index contributed by atoms with van der Waals surface area (Å²) in [5.41, 5.74) is 2.10. The Bertz CT molecular complexity index is 975. The maximum Gasteiger partial charge on any atom is 0.306 e. The van der Waals surface area contributed by atoms with Gasteiger partial charge < -0.3 is 9.47 Å². The molecule has 7 nitrogen and oxygen atoms in total. The monoisotopic (exact) mass is 451 g/mol. The first kappa shape index (κ1) is 24.2. The van der Waals surface area contributed by atoms with Crippen LogP contribution in [0.2, 0.25) is 0 Å². The summed E-state index contributed by atoms with van der Waals surface area (Å²) in [5.74, 6) is -2.86. The van der Waals surface area contributed by atoms with E-state index in [1.54, 1.807) is 6.92 Å². The predicted molar refractivity (Wildman–Crippen MR) is 121 cm³/mol. The first-order valence-electron chi connectivity index (χ1n) is 11.2. The smallest absolute Gasteiger partial charge is 0.306 e. The number of carbonyl (C=O) groups is 4. The summed E-state index contributed by atoms with van der Waals surface area (Å²) in [7, 11) is 0. The van der Waals surface area contributed by atoms with Crippen molar-refractivity contribution in [3.63, 3.8) is 0 Å². The van der Waals surface area contributed by atoms with Gasteiger partial charge in [-0.25, -0.2) is 4.90 Å². The SMILES string of the molecule is CC(=O)O[C@@H]1[C@@H]([C@@H](C)OC(=O)CCCc2ccccc2)C(=O)N1C(=O)CCc1ccccc1. The lowest BCUT2D eigenvalue weighted by molar-refractivity contribution is -0.210. The van der Waals surface area contributed by atoms with Crippen LogP contribution in [0.5, 0.6) is 0 Å². The van der Waals surface area contributed by atoms with Gasteiger partial charge in [0.1, 0.15) is 12.0 Å². The van der Waals surface area contributed by atoms with Gasteiger partial charge in [-0.15, -0.1) is 0 Å². The molecule has 2 aromatic carbocycles. The van der Waals surface area contributed by atoms with Crippen molar-refractivity contribution in [3.05, 3.63) is 71.8 Å². The normalized spacial score (nSPS) is 18.2. The second-order valence-electron chi connectivity index (χ2n) is 8.15. The average Bonchev–Trinajstić information content (AvgIpc) is 2.78. The number of nitrogens with zero attached hydrogens (tertiary/aromatic N) is 1. The molecule has 0 bridgehead atoms. The molecule has 7 heteroatoms. The molecule has 1 saturated heterocycles. The van der Waals surface area contributed by atoms with Crippen molar-refractivity contribution in [1.82, 2.24) is 4.90 Å². The number of imide groups is 1. The molecule has 2 aromatic rings. The van der Waals surface area contributed by atoms with Gasteiger partial charge in [0.2, 0.25) is 11.8 Å². The van der Waals surface area contributed by atoms with Crippen LogP contribution in [0.4, 0.5) is 0 Å². The number of carbonyl (C=O) groups excluding carboxylic acids is 4. The molecule has 3 atom stereocenters. The van der Waals surface area contributed by atoms with Crippen LogP contribution in [-0.4, -0.2) is 41.0 Å². The van der Waals surface area contributed by atoms with Crippen LogP contribution >= 0.6 is 0 Å². The van der Waals surface area contributed by atoms with Gasteiger partial charge in [0, 0.05) is 19.8 Å². The molecular formula is C26H29NO6. The van der Waals surface area contributed by atoms with E-state index in [4.69, 9.17) is 9.47 Å². The third-order valence-corrected chi connectivity index (χ3v) is 5.62. The topological polar surface area (TPSA) is 90.0 Å². The fourth-order valence-electron chi connectivity index (χ4n) is 3.92. The first-order valence-corrected chi connectivity index (χ1v) is 11.2. The fourth-order valence-corrected chi connectivity index (χ4v) is 3.92. The lowest BCUT2D eigenvalue weighted by atomic mass is 9.89. The zero-order valence-electron chi connectivity index (χ0n) is 18.9. The number of amides is 2. The van der Waals surface area contributed by atoms with Crippen LogP contribution in [0.3, 0.4) is 0 Å². The summed E-state index contributed by atoms with van der Waals surface area (Å²) in [6, 6.07) is 19.3. The molecule has 0 aliphatic carbocycles. The van der Waals surface area contributed by atoms with Crippen LogP contribution < -0.4 is 0 Å². The number of ether oxygens (including phenoxy) is 2. The van der Waals surface area contributed by atoms with Crippen molar-refractivity contribution in [2.24, 2.45) is 5.92 Å². The second kappa shape index (κ2) is 11.4. The molecule has 2 amide bonds. The Labute approximate surface area is 193 Å². The van der Waals surface area contributed by atoms with Crippen LogP contribution in [0.25, 0.3) is 0 Å². The molecule has 0 spiro atoms. The number of β-lactam (4-membered cyclic amide) rings is 1. The van der Waals surface area contributed by atoms with Gasteiger partial charge in [-0.1, -0.05) is 60.7 Å². The van der Waals surface area contributed by atoms with Crippen molar-refractivity contribution in [2.75, 3.05) is 0 Å². The van der Waals surface area contributed by atoms with Crippen molar-refractivity contribution in [3.8, 4) is 0 Å². The Morgan fingerprint density at radius 3 is 2.06 bits per heavy atom. The van der Waals surface area contributed by atoms with Gasteiger partial charge in [0.05, 0.1) is 0 Å². The van der Waals surface area contributed by atoms with E-state index < -0.39 is 42.0 Å². The van der Waals surface area contributed by atoms with Gasteiger partial charge in [0.25, 0.3) is 0 Å². The number of esters is 2. The number of benzene rings is 2. The van der Waals surface area contributed by atoms with E-state index >= 15 is 0 Å². The Morgan fingerprint density at radius 2 is 1.48 bits per heavy atom. The zero-order valence-corrected chi connectivity index (χ0v) is 18.9. The molecule has 33 heavy (non-hydrogen) atoms. The molecule has 0 N–H and O–H groups in total. The average molecular weight is 452 g/mol. The van der Waals surface area contributed by atoms with E-state index in [2.05, 4.69) is 0 Å². The number of hydrogen-bond donors (Lipinski definition) is 0. The van der Waals surface area contributed by atoms with Crippen LogP contribution in [0.1, 0.15) is 44.2 Å². The predicted octanol–water partition coefficient (Wildman–Crippen LogP) is 3.45. The highest BCUT2D eigenvalue weighted by Crippen LogP contribution is 2.33. The minimum absolute atomic E-state index is 0.105. The molecule has 1 aliphatic rings. The van der Waals surface area contributed by atoms with Gasteiger partial charge in [-0.2, -0.15) is 0 Å². The Morgan fingerprint density at radius 1 is 0.909 bits per heavy atom. The van der Waals surface area contributed by atoms with E-state index in [0.717, 1.165) is 22.4 Å². The summed E-state index contributed by atoms with van der Waals surface area (Å²) in [5, 5.41) is 0. The molecule has 0 radical (unpaired) electrons. The Kier molecular flexibility index (Phi) is 8.35.